The first kappa shape index (κ1) is 16.1. The maximum atomic E-state index is 12.4. The molecule has 1 amide bonds. The van der Waals surface area contributed by atoms with Gasteiger partial charge in [-0.3, -0.25) is 4.79 Å². The molecule has 1 aliphatic carbocycles. The lowest BCUT2D eigenvalue weighted by molar-refractivity contribution is -0.122. The number of carbonyl (C=O) groups excluding carboxylic acids is 1. The number of carbonyl (C=O) groups is 1. The normalized spacial score (nSPS) is 16.8. The number of hydrogen-bond acceptors (Lipinski definition) is 2. The molecule has 3 rings (SSSR count). The minimum Gasteiger partial charge on any atom is -0.352 e. The van der Waals surface area contributed by atoms with Gasteiger partial charge in [-0.1, -0.05) is 31.0 Å². The van der Waals surface area contributed by atoms with Crippen molar-refractivity contribution in [2.24, 2.45) is 5.73 Å². The SMILES string of the molecule is Cc1c(CC(C)N)c2ccccc2n1CC(=O)NC1CCCC1. The average Bonchev–Trinajstić information content (AvgIpc) is 3.10. The van der Waals surface area contributed by atoms with Crippen LogP contribution in [0.3, 0.4) is 0 Å². The molecule has 23 heavy (non-hydrogen) atoms. The molecule has 0 aliphatic heterocycles. The summed E-state index contributed by atoms with van der Waals surface area (Å²) in [5, 5.41) is 4.40. The van der Waals surface area contributed by atoms with Gasteiger partial charge in [-0.05, 0) is 44.7 Å². The predicted molar refractivity (Wildman–Crippen MR) is 94.4 cm³/mol. The summed E-state index contributed by atoms with van der Waals surface area (Å²) in [4.78, 5) is 12.4. The van der Waals surface area contributed by atoms with E-state index in [9.17, 15) is 4.79 Å². The molecule has 1 aromatic carbocycles. The molecule has 1 fully saturated rings. The second kappa shape index (κ2) is 6.75. The van der Waals surface area contributed by atoms with E-state index >= 15 is 0 Å². The quantitative estimate of drug-likeness (QED) is 0.891. The second-order valence-corrected chi connectivity index (χ2v) is 6.90. The van der Waals surface area contributed by atoms with Gasteiger partial charge in [0.05, 0.1) is 0 Å². The fraction of sp³-hybridized carbons (Fsp3) is 0.526. The zero-order valence-electron chi connectivity index (χ0n) is 14.1. The molecule has 1 heterocycles. The number of hydrogen-bond donors (Lipinski definition) is 2. The Hall–Kier alpha value is -1.81. The first-order chi connectivity index (χ1) is 11.1. The molecule has 1 aromatic heterocycles. The molecule has 0 saturated heterocycles. The lowest BCUT2D eigenvalue weighted by Gasteiger charge is -2.14. The number of aromatic nitrogens is 1. The highest BCUT2D eigenvalue weighted by Gasteiger charge is 2.20. The van der Waals surface area contributed by atoms with Crippen LogP contribution in [-0.4, -0.2) is 22.6 Å². The number of amides is 1. The fourth-order valence-electron chi connectivity index (χ4n) is 3.77. The molecular formula is C19H27N3O. The van der Waals surface area contributed by atoms with Crippen LogP contribution in [0.2, 0.25) is 0 Å². The van der Waals surface area contributed by atoms with Gasteiger partial charge < -0.3 is 15.6 Å². The van der Waals surface area contributed by atoms with E-state index in [2.05, 4.69) is 35.0 Å². The molecule has 1 aliphatic rings. The monoisotopic (exact) mass is 313 g/mol. The smallest absolute Gasteiger partial charge is 0.240 e. The predicted octanol–water partition coefficient (Wildman–Crippen LogP) is 2.90. The lowest BCUT2D eigenvalue weighted by Crippen LogP contribution is -2.35. The second-order valence-electron chi connectivity index (χ2n) is 6.90. The number of fused-ring (bicyclic) bond motifs is 1. The number of nitrogens with zero attached hydrogens (tertiary/aromatic N) is 1. The highest BCUT2D eigenvalue weighted by molar-refractivity contribution is 5.87. The van der Waals surface area contributed by atoms with Gasteiger partial charge in [0.2, 0.25) is 5.91 Å². The summed E-state index contributed by atoms with van der Waals surface area (Å²) >= 11 is 0. The Bertz CT molecular complexity index is 696. The Kier molecular flexibility index (Phi) is 4.71. The highest BCUT2D eigenvalue weighted by Crippen LogP contribution is 2.27. The molecule has 1 unspecified atom stereocenters. The van der Waals surface area contributed by atoms with Crippen LogP contribution < -0.4 is 11.1 Å². The van der Waals surface area contributed by atoms with Crippen molar-refractivity contribution in [3.8, 4) is 0 Å². The van der Waals surface area contributed by atoms with Gasteiger partial charge in [0.25, 0.3) is 0 Å². The molecule has 124 valence electrons. The Balaban J connectivity index is 1.87. The summed E-state index contributed by atoms with van der Waals surface area (Å²) in [5.74, 6) is 0.119. The fourth-order valence-corrected chi connectivity index (χ4v) is 3.77. The van der Waals surface area contributed by atoms with Crippen LogP contribution in [0.15, 0.2) is 24.3 Å². The summed E-state index contributed by atoms with van der Waals surface area (Å²) < 4.78 is 2.14. The number of benzene rings is 1. The third kappa shape index (κ3) is 3.42. The molecule has 3 N–H and O–H groups in total. The molecule has 1 atom stereocenters. The van der Waals surface area contributed by atoms with Crippen molar-refractivity contribution < 1.29 is 4.79 Å². The Morgan fingerprint density at radius 2 is 2.04 bits per heavy atom. The van der Waals surface area contributed by atoms with E-state index in [-0.39, 0.29) is 11.9 Å². The minimum atomic E-state index is 0.111. The lowest BCUT2D eigenvalue weighted by atomic mass is 10.0. The van der Waals surface area contributed by atoms with E-state index in [1.807, 2.05) is 13.0 Å². The zero-order chi connectivity index (χ0) is 16.4. The van der Waals surface area contributed by atoms with E-state index in [1.54, 1.807) is 0 Å². The molecule has 4 nitrogen and oxygen atoms in total. The Labute approximate surface area is 138 Å². The molecular weight excluding hydrogens is 286 g/mol. The van der Waals surface area contributed by atoms with Crippen molar-refractivity contribution in [3.63, 3.8) is 0 Å². The summed E-state index contributed by atoms with van der Waals surface area (Å²) in [6, 6.07) is 8.79. The van der Waals surface area contributed by atoms with Crippen molar-refractivity contribution in [3.05, 3.63) is 35.5 Å². The Morgan fingerprint density at radius 3 is 2.74 bits per heavy atom. The number of para-hydroxylation sites is 1. The number of nitrogens with two attached hydrogens (primary N) is 1. The standard InChI is InChI=1S/C19H27N3O/c1-13(20)11-17-14(2)22(18-10-6-5-9-16(17)18)12-19(23)21-15-7-3-4-8-15/h5-6,9-10,13,15H,3-4,7-8,11-12,20H2,1-2H3,(H,21,23). The van der Waals surface area contributed by atoms with Gasteiger partial charge in [0.1, 0.15) is 6.54 Å². The summed E-state index contributed by atoms with van der Waals surface area (Å²) in [5.41, 5.74) is 9.57. The van der Waals surface area contributed by atoms with Gasteiger partial charge in [0.15, 0.2) is 0 Å². The third-order valence-corrected chi connectivity index (χ3v) is 4.91. The van der Waals surface area contributed by atoms with Crippen molar-refractivity contribution >= 4 is 16.8 Å². The highest BCUT2D eigenvalue weighted by atomic mass is 16.2. The van der Waals surface area contributed by atoms with Gasteiger partial charge >= 0.3 is 0 Å². The molecule has 1 saturated carbocycles. The average molecular weight is 313 g/mol. The topological polar surface area (TPSA) is 60.0 Å². The van der Waals surface area contributed by atoms with E-state index in [1.165, 1.54) is 23.8 Å². The number of rotatable bonds is 5. The maximum absolute atomic E-state index is 12.4. The third-order valence-electron chi connectivity index (χ3n) is 4.91. The van der Waals surface area contributed by atoms with Gasteiger partial charge in [0, 0.05) is 28.7 Å². The summed E-state index contributed by atoms with van der Waals surface area (Å²) in [6.07, 6.45) is 5.54. The zero-order valence-corrected chi connectivity index (χ0v) is 14.1. The van der Waals surface area contributed by atoms with E-state index in [4.69, 9.17) is 5.73 Å². The van der Waals surface area contributed by atoms with Crippen LogP contribution in [0, 0.1) is 6.92 Å². The summed E-state index contributed by atoms with van der Waals surface area (Å²) in [7, 11) is 0. The van der Waals surface area contributed by atoms with Gasteiger partial charge in [-0.25, -0.2) is 0 Å². The molecule has 0 spiro atoms. The van der Waals surface area contributed by atoms with Gasteiger partial charge in [-0.15, -0.1) is 0 Å². The van der Waals surface area contributed by atoms with Crippen molar-refractivity contribution in [1.82, 2.24) is 9.88 Å². The van der Waals surface area contributed by atoms with Crippen LogP contribution in [-0.2, 0) is 17.8 Å². The van der Waals surface area contributed by atoms with Crippen molar-refractivity contribution in [2.45, 2.75) is 64.6 Å². The maximum Gasteiger partial charge on any atom is 0.240 e. The Morgan fingerprint density at radius 1 is 1.35 bits per heavy atom. The van der Waals surface area contributed by atoms with E-state index in [0.717, 1.165) is 30.5 Å². The molecule has 4 heteroatoms. The molecule has 2 aromatic rings. The van der Waals surface area contributed by atoms with Crippen molar-refractivity contribution in [2.75, 3.05) is 0 Å². The largest absolute Gasteiger partial charge is 0.352 e. The van der Waals surface area contributed by atoms with Crippen molar-refractivity contribution in [1.29, 1.82) is 0 Å². The minimum absolute atomic E-state index is 0.111. The first-order valence-corrected chi connectivity index (χ1v) is 8.68. The van der Waals surface area contributed by atoms with E-state index in [0.29, 0.717) is 12.6 Å². The molecule has 0 bridgehead atoms. The van der Waals surface area contributed by atoms with Crippen LogP contribution in [0.4, 0.5) is 0 Å². The van der Waals surface area contributed by atoms with Crippen LogP contribution in [0.25, 0.3) is 10.9 Å². The number of nitrogens with one attached hydrogen (secondary N) is 1. The van der Waals surface area contributed by atoms with Gasteiger partial charge in [-0.2, -0.15) is 0 Å². The van der Waals surface area contributed by atoms with Crippen LogP contribution in [0.5, 0.6) is 0 Å². The van der Waals surface area contributed by atoms with E-state index < -0.39 is 0 Å². The molecule has 0 radical (unpaired) electrons. The van der Waals surface area contributed by atoms with Crippen LogP contribution >= 0.6 is 0 Å². The first-order valence-electron chi connectivity index (χ1n) is 8.68. The summed E-state index contributed by atoms with van der Waals surface area (Å²) in [6.45, 7) is 4.51. The van der Waals surface area contributed by atoms with Crippen LogP contribution in [0.1, 0.15) is 43.9 Å².